The Kier molecular flexibility index (Phi) is 5.18. The third-order valence-corrected chi connectivity index (χ3v) is 3.44. The Morgan fingerprint density at radius 1 is 1.05 bits per heavy atom. The highest BCUT2D eigenvalue weighted by molar-refractivity contribution is 6.30. The van der Waals surface area contributed by atoms with Crippen molar-refractivity contribution in [2.24, 2.45) is 0 Å². The number of rotatable bonds is 5. The van der Waals surface area contributed by atoms with Gasteiger partial charge in [0.1, 0.15) is 0 Å². The number of ketones is 1. The van der Waals surface area contributed by atoms with E-state index in [-0.39, 0.29) is 5.78 Å². The minimum Gasteiger partial charge on any atom is -0.362 e. The summed E-state index contributed by atoms with van der Waals surface area (Å²) >= 11 is 5.79. The molecule has 0 aliphatic rings. The number of carbonyl (C=O) groups is 1. The number of halogens is 1. The molecule has 21 heavy (non-hydrogen) atoms. The third-order valence-electron chi connectivity index (χ3n) is 3.19. The van der Waals surface area contributed by atoms with Crippen molar-refractivity contribution in [1.29, 1.82) is 0 Å². The average molecular weight is 300 g/mol. The van der Waals surface area contributed by atoms with Crippen LogP contribution in [0.5, 0.6) is 0 Å². The third kappa shape index (κ3) is 4.47. The summed E-state index contributed by atoms with van der Waals surface area (Å²) in [7, 11) is 0. The predicted molar refractivity (Wildman–Crippen MR) is 89.1 cm³/mol. The van der Waals surface area contributed by atoms with Gasteiger partial charge in [-0.15, -0.1) is 0 Å². The van der Waals surface area contributed by atoms with Crippen LogP contribution in [0, 0.1) is 0 Å². The van der Waals surface area contributed by atoms with Crippen LogP contribution in [0.15, 0.2) is 60.8 Å². The van der Waals surface area contributed by atoms with Crippen LogP contribution < -0.4 is 5.32 Å². The number of anilines is 1. The van der Waals surface area contributed by atoms with Crippen molar-refractivity contribution in [2.75, 3.05) is 5.32 Å². The maximum absolute atomic E-state index is 11.9. The molecule has 2 rings (SSSR count). The fourth-order valence-corrected chi connectivity index (χ4v) is 2.01. The van der Waals surface area contributed by atoms with Crippen LogP contribution in [0.4, 0.5) is 5.69 Å². The molecule has 0 fully saturated rings. The van der Waals surface area contributed by atoms with Crippen molar-refractivity contribution in [1.82, 2.24) is 0 Å². The molecule has 0 aliphatic carbocycles. The van der Waals surface area contributed by atoms with E-state index in [1.54, 1.807) is 30.5 Å². The minimum atomic E-state index is -0.0574. The largest absolute Gasteiger partial charge is 0.362 e. The van der Waals surface area contributed by atoms with Crippen molar-refractivity contribution in [3.8, 4) is 0 Å². The van der Waals surface area contributed by atoms with E-state index < -0.39 is 0 Å². The molecule has 108 valence electrons. The number of hydrogen-bond acceptors (Lipinski definition) is 2. The monoisotopic (exact) mass is 299 g/mol. The zero-order valence-electron chi connectivity index (χ0n) is 12.1. The van der Waals surface area contributed by atoms with Crippen LogP contribution in [0.3, 0.4) is 0 Å². The number of hydrogen-bond donors (Lipinski definition) is 1. The highest BCUT2D eigenvalue weighted by Gasteiger charge is 2.01. The Morgan fingerprint density at radius 3 is 2.24 bits per heavy atom. The molecular formula is C18H18ClNO. The number of allylic oxidation sites excluding steroid dienone is 1. The first-order valence-electron chi connectivity index (χ1n) is 6.89. The van der Waals surface area contributed by atoms with Gasteiger partial charge in [-0.2, -0.15) is 0 Å². The average Bonchev–Trinajstić information content (AvgIpc) is 2.48. The Labute approximate surface area is 130 Å². The number of benzene rings is 2. The molecular weight excluding hydrogens is 282 g/mol. The van der Waals surface area contributed by atoms with E-state index in [4.69, 9.17) is 11.6 Å². The molecule has 2 aromatic rings. The van der Waals surface area contributed by atoms with Crippen molar-refractivity contribution >= 4 is 23.1 Å². The van der Waals surface area contributed by atoms with E-state index in [0.717, 1.165) is 5.69 Å². The molecule has 1 N–H and O–H groups in total. The standard InChI is InChI=1S/C18H18ClNO/c1-13(2)14-5-9-17(10-6-14)20-12-11-18(21)15-3-7-16(19)8-4-15/h3-13,20H,1-2H3/b12-11+. The van der Waals surface area contributed by atoms with Gasteiger partial charge in [-0.1, -0.05) is 37.6 Å². The lowest BCUT2D eigenvalue weighted by Gasteiger charge is -2.06. The van der Waals surface area contributed by atoms with Crippen molar-refractivity contribution in [3.05, 3.63) is 77.0 Å². The Balaban J connectivity index is 1.95. The van der Waals surface area contributed by atoms with Gasteiger partial charge in [0.25, 0.3) is 0 Å². The summed E-state index contributed by atoms with van der Waals surface area (Å²) in [5, 5.41) is 3.72. The predicted octanol–water partition coefficient (Wildman–Crippen LogP) is 5.27. The van der Waals surface area contributed by atoms with Gasteiger partial charge in [-0.05, 0) is 47.9 Å². The van der Waals surface area contributed by atoms with Gasteiger partial charge in [0.15, 0.2) is 5.78 Å². The second-order valence-corrected chi connectivity index (χ2v) is 5.56. The highest BCUT2D eigenvalue weighted by atomic mass is 35.5. The normalized spacial score (nSPS) is 11.0. The highest BCUT2D eigenvalue weighted by Crippen LogP contribution is 2.17. The molecule has 2 nitrogen and oxygen atoms in total. The molecule has 0 radical (unpaired) electrons. The van der Waals surface area contributed by atoms with Crippen molar-refractivity contribution < 1.29 is 4.79 Å². The summed E-state index contributed by atoms with van der Waals surface area (Å²) in [4.78, 5) is 11.9. The SMILES string of the molecule is CC(C)c1ccc(N/C=C/C(=O)c2ccc(Cl)cc2)cc1. The zero-order chi connectivity index (χ0) is 15.2. The first-order valence-corrected chi connectivity index (χ1v) is 7.27. The van der Waals surface area contributed by atoms with Gasteiger partial charge in [0, 0.05) is 28.5 Å². The molecule has 0 saturated carbocycles. The second-order valence-electron chi connectivity index (χ2n) is 5.13. The van der Waals surface area contributed by atoms with Crippen molar-refractivity contribution in [3.63, 3.8) is 0 Å². The molecule has 0 aliphatic heterocycles. The fourth-order valence-electron chi connectivity index (χ4n) is 1.89. The van der Waals surface area contributed by atoms with Gasteiger partial charge in [0.2, 0.25) is 0 Å². The lowest BCUT2D eigenvalue weighted by Crippen LogP contribution is -1.96. The molecule has 0 aromatic heterocycles. The molecule has 0 atom stereocenters. The second kappa shape index (κ2) is 7.09. The first-order chi connectivity index (χ1) is 10.1. The summed E-state index contributed by atoms with van der Waals surface area (Å²) in [6.45, 7) is 4.32. The van der Waals surface area contributed by atoms with Crippen molar-refractivity contribution in [2.45, 2.75) is 19.8 Å². The van der Waals surface area contributed by atoms with Gasteiger partial charge in [-0.25, -0.2) is 0 Å². The van der Waals surface area contributed by atoms with Crippen LogP contribution in [-0.4, -0.2) is 5.78 Å². The summed E-state index contributed by atoms with van der Waals surface area (Å²) in [6.07, 6.45) is 3.17. The topological polar surface area (TPSA) is 29.1 Å². The van der Waals surface area contributed by atoms with Crippen LogP contribution in [-0.2, 0) is 0 Å². The van der Waals surface area contributed by atoms with E-state index in [9.17, 15) is 4.79 Å². The van der Waals surface area contributed by atoms with Crippen LogP contribution >= 0.6 is 11.6 Å². The van der Waals surface area contributed by atoms with E-state index in [2.05, 4.69) is 31.3 Å². The molecule has 0 spiro atoms. The van der Waals surface area contributed by atoms with E-state index in [0.29, 0.717) is 16.5 Å². The maximum atomic E-state index is 11.9. The Morgan fingerprint density at radius 2 is 1.67 bits per heavy atom. The lowest BCUT2D eigenvalue weighted by atomic mass is 10.0. The molecule has 0 heterocycles. The van der Waals surface area contributed by atoms with Gasteiger partial charge in [-0.3, -0.25) is 4.79 Å². The molecule has 0 unspecified atom stereocenters. The summed E-state index contributed by atoms with van der Waals surface area (Å²) < 4.78 is 0. The van der Waals surface area contributed by atoms with E-state index in [1.807, 2.05) is 12.1 Å². The summed E-state index contributed by atoms with van der Waals surface area (Å²) in [6, 6.07) is 15.0. The van der Waals surface area contributed by atoms with Crippen LogP contribution in [0.2, 0.25) is 5.02 Å². The quantitative estimate of drug-likeness (QED) is 0.602. The molecule has 0 bridgehead atoms. The summed E-state index contributed by atoms with van der Waals surface area (Å²) in [5.41, 5.74) is 2.87. The van der Waals surface area contributed by atoms with Crippen LogP contribution in [0.25, 0.3) is 0 Å². The van der Waals surface area contributed by atoms with Gasteiger partial charge < -0.3 is 5.32 Å². The van der Waals surface area contributed by atoms with Gasteiger partial charge in [0.05, 0.1) is 0 Å². The van der Waals surface area contributed by atoms with Gasteiger partial charge >= 0.3 is 0 Å². The van der Waals surface area contributed by atoms with E-state index in [1.165, 1.54) is 11.6 Å². The molecule has 3 heteroatoms. The maximum Gasteiger partial charge on any atom is 0.187 e. The van der Waals surface area contributed by atoms with Crippen LogP contribution in [0.1, 0.15) is 35.7 Å². The first kappa shape index (κ1) is 15.3. The molecule has 0 saturated heterocycles. The zero-order valence-corrected chi connectivity index (χ0v) is 12.9. The fraction of sp³-hybridized carbons (Fsp3) is 0.167. The number of nitrogens with one attached hydrogen (secondary N) is 1. The Bertz CT molecular complexity index is 627. The molecule has 0 amide bonds. The lowest BCUT2D eigenvalue weighted by molar-refractivity contribution is 0.104. The smallest absolute Gasteiger partial charge is 0.187 e. The summed E-state index contributed by atoms with van der Waals surface area (Å²) in [5.74, 6) is 0.457. The minimum absolute atomic E-state index is 0.0574. The number of carbonyl (C=O) groups excluding carboxylic acids is 1. The molecule has 2 aromatic carbocycles. The van der Waals surface area contributed by atoms with E-state index >= 15 is 0 Å². The Hall–Kier alpha value is -2.06.